The number of hydrogen-bond donors (Lipinski definition) is 1. The molecule has 1 amide bonds. The van der Waals surface area contributed by atoms with Crippen LogP contribution in [0.3, 0.4) is 0 Å². The van der Waals surface area contributed by atoms with Gasteiger partial charge < -0.3 is 14.4 Å². The van der Waals surface area contributed by atoms with Gasteiger partial charge in [0.1, 0.15) is 12.4 Å². The molecule has 2 rings (SSSR count). The second kappa shape index (κ2) is 9.40. The van der Waals surface area contributed by atoms with E-state index in [1.807, 2.05) is 24.3 Å². The number of rotatable bonds is 7. The van der Waals surface area contributed by atoms with Crippen molar-refractivity contribution in [2.24, 2.45) is 0 Å². The van der Waals surface area contributed by atoms with E-state index in [4.69, 9.17) is 9.47 Å². The van der Waals surface area contributed by atoms with Gasteiger partial charge in [-0.1, -0.05) is 31.9 Å². The Kier molecular flexibility index (Phi) is 7.20. The summed E-state index contributed by atoms with van der Waals surface area (Å²) in [4.78, 5) is 14.3. The monoisotopic (exact) mass is 320 g/mol. The average molecular weight is 320 g/mol. The fourth-order valence-corrected chi connectivity index (χ4v) is 2.69. The number of benzene rings is 1. The highest BCUT2D eigenvalue weighted by Crippen LogP contribution is 2.24. The Bertz CT molecular complexity index is 493. The first kappa shape index (κ1) is 17.6. The van der Waals surface area contributed by atoms with Crippen LogP contribution in [-0.2, 0) is 4.74 Å². The van der Waals surface area contributed by atoms with E-state index in [0.717, 1.165) is 25.8 Å². The Labute approximate surface area is 139 Å². The van der Waals surface area contributed by atoms with Crippen LogP contribution in [0.25, 0.3) is 0 Å². The summed E-state index contributed by atoms with van der Waals surface area (Å²) in [5.41, 5.74) is 0.658. The maximum absolute atomic E-state index is 12.0. The van der Waals surface area contributed by atoms with Gasteiger partial charge in [-0.25, -0.2) is 4.79 Å². The minimum absolute atomic E-state index is 0.325. The number of hydrogen-bond acceptors (Lipinski definition) is 4. The number of nitrogens with zero attached hydrogens (tertiary/aromatic N) is 1. The lowest BCUT2D eigenvalue weighted by atomic mass is 10.0. The fourth-order valence-electron chi connectivity index (χ4n) is 2.69. The van der Waals surface area contributed by atoms with Crippen molar-refractivity contribution in [2.75, 3.05) is 32.1 Å². The van der Waals surface area contributed by atoms with Gasteiger partial charge in [0.05, 0.1) is 12.3 Å². The normalized spacial score (nSPS) is 18.4. The van der Waals surface area contributed by atoms with Gasteiger partial charge in [0, 0.05) is 6.04 Å². The fraction of sp³-hybridized carbons (Fsp3) is 0.611. The average Bonchev–Trinajstić information content (AvgIpc) is 2.56. The van der Waals surface area contributed by atoms with Gasteiger partial charge >= 0.3 is 6.09 Å². The molecule has 0 aliphatic carbocycles. The quantitative estimate of drug-likeness (QED) is 0.774. The molecule has 23 heavy (non-hydrogen) atoms. The van der Waals surface area contributed by atoms with E-state index in [1.165, 1.54) is 12.8 Å². The summed E-state index contributed by atoms with van der Waals surface area (Å²) in [6.45, 7) is 4.27. The van der Waals surface area contributed by atoms with Gasteiger partial charge in [0.25, 0.3) is 0 Å². The van der Waals surface area contributed by atoms with Gasteiger partial charge in [-0.2, -0.15) is 0 Å². The van der Waals surface area contributed by atoms with Crippen LogP contribution in [0, 0.1) is 0 Å². The molecule has 1 aliphatic heterocycles. The molecule has 5 heteroatoms. The number of para-hydroxylation sites is 2. The lowest BCUT2D eigenvalue weighted by molar-refractivity contribution is 0.0907. The van der Waals surface area contributed by atoms with Crippen LogP contribution >= 0.6 is 0 Å². The van der Waals surface area contributed by atoms with Crippen molar-refractivity contribution in [1.29, 1.82) is 0 Å². The molecule has 0 spiro atoms. The standard InChI is InChI=1S/C18H28N2O3/c1-3-4-13-22-17-11-6-5-10-16(17)19-18(21)23-14-15-9-7-8-12-20(15)2/h5-6,10-11,15H,3-4,7-9,12-14H2,1-2H3,(H,19,21)/t15-/m0/s1. The molecule has 0 radical (unpaired) electrons. The molecule has 1 N–H and O–H groups in total. The van der Waals surface area contributed by atoms with Crippen molar-refractivity contribution < 1.29 is 14.3 Å². The number of unbranched alkanes of at least 4 members (excludes halogenated alkanes) is 1. The van der Waals surface area contributed by atoms with E-state index in [1.54, 1.807) is 0 Å². The molecule has 0 saturated carbocycles. The lowest BCUT2D eigenvalue weighted by Gasteiger charge is -2.31. The van der Waals surface area contributed by atoms with Crippen LogP contribution in [0.15, 0.2) is 24.3 Å². The van der Waals surface area contributed by atoms with Gasteiger partial charge in [-0.3, -0.25) is 5.32 Å². The number of carbonyl (C=O) groups excluding carboxylic acids is 1. The predicted octanol–water partition coefficient (Wildman–Crippen LogP) is 3.90. The number of nitrogens with one attached hydrogen (secondary N) is 1. The highest BCUT2D eigenvalue weighted by atomic mass is 16.5. The van der Waals surface area contributed by atoms with Gasteiger partial charge in [0.15, 0.2) is 0 Å². The lowest BCUT2D eigenvalue weighted by Crippen LogP contribution is -2.40. The minimum Gasteiger partial charge on any atom is -0.491 e. The van der Waals surface area contributed by atoms with Crippen LogP contribution < -0.4 is 10.1 Å². The van der Waals surface area contributed by atoms with E-state index in [0.29, 0.717) is 30.7 Å². The summed E-state index contributed by atoms with van der Waals surface area (Å²) < 4.78 is 11.1. The van der Waals surface area contributed by atoms with Crippen molar-refractivity contribution >= 4 is 11.8 Å². The number of amides is 1. The van der Waals surface area contributed by atoms with Crippen molar-refractivity contribution in [3.63, 3.8) is 0 Å². The van der Waals surface area contributed by atoms with Crippen LogP contribution in [0.4, 0.5) is 10.5 Å². The molecule has 1 saturated heterocycles. The maximum atomic E-state index is 12.0. The molecule has 1 atom stereocenters. The van der Waals surface area contributed by atoms with Crippen molar-refractivity contribution in [3.8, 4) is 5.75 Å². The third-order valence-electron chi connectivity index (χ3n) is 4.21. The SMILES string of the molecule is CCCCOc1ccccc1NC(=O)OC[C@@H]1CCCCN1C. The van der Waals surface area contributed by atoms with Gasteiger partial charge in [0.2, 0.25) is 0 Å². The summed E-state index contributed by atoms with van der Waals surface area (Å²) in [6, 6.07) is 7.78. The maximum Gasteiger partial charge on any atom is 0.411 e. The Morgan fingerprint density at radius 3 is 2.96 bits per heavy atom. The largest absolute Gasteiger partial charge is 0.491 e. The van der Waals surface area contributed by atoms with Gasteiger partial charge in [-0.05, 0) is 45.0 Å². The van der Waals surface area contributed by atoms with Crippen LogP contribution in [-0.4, -0.2) is 43.8 Å². The molecule has 128 valence electrons. The zero-order chi connectivity index (χ0) is 16.5. The van der Waals surface area contributed by atoms with E-state index >= 15 is 0 Å². The van der Waals surface area contributed by atoms with Gasteiger partial charge in [-0.15, -0.1) is 0 Å². The first-order chi connectivity index (χ1) is 11.2. The Balaban J connectivity index is 1.82. The van der Waals surface area contributed by atoms with E-state index in [-0.39, 0.29) is 0 Å². The zero-order valence-corrected chi connectivity index (χ0v) is 14.2. The second-order valence-corrected chi connectivity index (χ2v) is 6.05. The highest BCUT2D eigenvalue weighted by Gasteiger charge is 2.20. The van der Waals surface area contributed by atoms with Crippen molar-refractivity contribution in [1.82, 2.24) is 4.90 Å². The Hall–Kier alpha value is -1.75. The zero-order valence-electron chi connectivity index (χ0n) is 14.2. The molecule has 0 unspecified atom stereocenters. The Morgan fingerprint density at radius 1 is 1.35 bits per heavy atom. The van der Waals surface area contributed by atoms with Crippen LogP contribution in [0.2, 0.25) is 0 Å². The molecular formula is C18H28N2O3. The number of likely N-dealkylation sites (N-methyl/N-ethyl adjacent to an activating group) is 1. The molecular weight excluding hydrogens is 292 g/mol. The summed E-state index contributed by atoms with van der Waals surface area (Å²) in [7, 11) is 2.09. The predicted molar refractivity (Wildman–Crippen MR) is 92.1 cm³/mol. The number of carbonyl (C=O) groups is 1. The molecule has 1 aliphatic rings. The number of ether oxygens (including phenoxy) is 2. The third kappa shape index (κ3) is 5.75. The molecule has 1 fully saturated rings. The van der Waals surface area contributed by atoms with Crippen molar-refractivity contribution in [3.05, 3.63) is 24.3 Å². The summed E-state index contributed by atoms with van der Waals surface area (Å²) in [5.74, 6) is 0.688. The molecule has 0 bridgehead atoms. The topological polar surface area (TPSA) is 50.8 Å². The minimum atomic E-state index is -0.421. The Morgan fingerprint density at radius 2 is 2.17 bits per heavy atom. The van der Waals surface area contributed by atoms with Crippen LogP contribution in [0.5, 0.6) is 5.75 Å². The molecule has 0 aromatic heterocycles. The number of piperidine rings is 1. The first-order valence-electron chi connectivity index (χ1n) is 8.56. The molecule has 1 aromatic carbocycles. The molecule has 1 heterocycles. The number of likely N-dealkylation sites (tertiary alicyclic amines) is 1. The smallest absolute Gasteiger partial charge is 0.411 e. The molecule has 5 nitrogen and oxygen atoms in total. The summed E-state index contributed by atoms with van der Waals surface area (Å²) >= 11 is 0. The third-order valence-corrected chi connectivity index (χ3v) is 4.21. The summed E-state index contributed by atoms with van der Waals surface area (Å²) in [6.07, 6.45) is 5.16. The second-order valence-electron chi connectivity index (χ2n) is 6.05. The first-order valence-corrected chi connectivity index (χ1v) is 8.56. The number of anilines is 1. The van der Waals surface area contributed by atoms with E-state index in [2.05, 4.69) is 24.2 Å². The van der Waals surface area contributed by atoms with Crippen molar-refractivity contribution in [2.45, 2.75) is 45.1 Å². The van der Waals surface area contributed by atoms with Crippen LogP contribution in [0.1, 0.15) is 39.0 Å². The van der Waals surface area contributed by atoms with E-state index in [9.17, 15) is 4.79 Å². The van der Waals surface area contributed by atoms with E-state index < -0.39 is 6.09 Å². The summed E-state index contributed by atoms with van der Waals surface area (Å²) in [5, 5.41) is 2.79. The highest BCUT2D eigenvalue weighted by molar-refractivity contribution is 5.86. The molecule has 1 aromatic rings.